The van der Waals surface area contributed by atoms with E-state index in [1.807, 2.05) is 43.3 Å². The van der Waals surface area contributed by atoms with Gasteiger partial charge in [-0.1, -0.05) is 18.2 Å². The number of rotatable bonds is 9. The number of pyridine rings is 1. The molecule has 7 nitrogen and oxygen atoms in total. The Morgan fingerprint density at radius 3 is 2.25 bits per heavy atom. The largest absolute Gasteiger partial charge is 0.507 e. The smallest absolute Gasteiger partial charge is 0.296 e. The number of carbonyl (C=O) groups is 2. The van der Waals surface area contributed by atoms with Gasteiger partial charge in [0.1, 0.15) is 11.5 Å². The van der Waals surface area contributed by atoms with Crippen molar-refractivity contribution in [1.82, 2.24) is 9.88 Å². The number of likely N-dealkylation sites (tertiary alicyclic amines) is 1. The summed E-state index contributed by atoms with van der Waals surface area (Å²) in [5.74, 6) is -0.924. The molecule has 1 aromatic heterocycles. The quantitative estimate of drug-likeness (QED) is 0.262. The molecule has 186 valence electrons. The number of amides is 1. The molecule has 1 N–H and O–H groups in total. The van der Waals surface area contributed by atoms with Crippen molar-refractivity contribution in [2.45, 2.75) is 33.4 Å². The average Bonchev–Trinajstić information content (AvgIpc) is 3.15. The zero-order valence-electron chi connectivity index (χ0n) is 20.8. The first kappa shape index (κ1) is 25.0. The van der Waals surface area contributed by atoms with Crippen molar-refractivity contribution in [3.63, 3.8) is 0 Å². The van der Waals surface area contributed by atoms with Crippen LogP contribution in [-0.4, -0.2) is 46.4 Å². The topological polar surface area (TPSA) is 83.0 Å². The minimum atomic E-state index is -0.746. The molecule has 1 amide bonds. The highest BCUT2D eigenvalue weighted by atomic mass is 16.5. The van der Waals surface area contributed by atoms with Gasteiger partial charge in [0.25, 0.3) is 11.7 Å². The van der Waals surface area contributed by atoms with Crippen LogP contribution in [0.2, 0.25) is 0 Å². The van der Waals surface area contributed by atoms with Gasteiger partial charge in [-0.15, -0.1) is 0 Å². The van der Waals surface area contributed by atoms with Gasteiger partial charge < -0.3 is 19.6 Å². The summed E-state index contributed by atoms with van der Waals surface area (Å²) in [5, 5.41) is 11.3. The van der Waals surface area contributed by atoms with E-state index in [9.17, 15) is 14.7 Å². The van der Waals surface area contributed by atoms with E-state index in [0.717, 1.165) is 24.3 Å². The summed E-state index contributed by atoms with van der Waals surface area (Å²) in [7, 11) is 0. The van der Waals surface area contributed by atoms with Crippen molar-refractivity contribution < 1.29 is 19.4 Å². The fourth-order valence-corrected chi connectivity index (χ4v) is 4.54. The maximum absolute atomic E-state index is 13.3. The van der Waals surface area contributed by atoms with E-state index in [1.54, 1.807) is 36.5 Å². The van der Waals surface area contributed by atoms with Gasteiger partial charge in [-0.05, 0) is 74.9 Å². The van der Waals surface area contributed by atoms with Crippen molar-refractivity contribution in [3.8, 4) is 5.75 Å². The molecule has 1 aliphatic rings. The third-order valence-electron chi connectivity index (χ3n) is 6.37. The zero-order chi connectivity index (χ0) is 25.7. The number of nitrogens with zero attached hydrogens (tertiary/aromatic N) is 3. The third-order valence-corrected chi connectivity index (χ3v) is 6.37. The number of aliphatic hydroxyl groups excluding tert-OH is 1. The molecule has 0 saturated carbocycles. The number of ketones is 1. The first-order chi connectivity index (χ1) is 17.5. The first-order valence-corrected chi connectivity index (χ1v) is 12.2. The highest BCUT2D eigenvalue weighted by Crippen LogP contribution is 2.40. The molecular formula is C29H31N3O4. The predicted octanol–water partition coefficient (Wildman–Crippen LogP) is 4.95. The minimum Gasteiger partial charge on any atom is -0.507 e. The number of Topliss-reactive ketones (excluding diaryl/α,β-unsaturated/α-hetero) is 1. The van der Waals surface area contributed by atoms with Crippen LogP contribution in [0.5, 0.6) is 5.75 Å². The predicted molar refractivity (Wildman–Crippen MR) is 140 cm³/mol. The molecule has 2 heterocycles. The number of anilines is 1. The zero-order valence-corrected chi connectivity index (χ0v) is 20.8. The van der Waals surface area contributed by atoms with Crippen LogP contribution in [-0.2, 0) is 16.1 Å². The van der Waals surface area contributed by atoms with Gasteiger partial charge in [0, 0.05) is 30.5 Å². The Labute approximate surface area is 211 Å². The molecule has 0 bridgehead atoms. The summed E-state index contributed by atoms with van der Waals surface area (Å²) in [4.78, 5) is 34.5. The summed E-state index contributed by atoms with van der Waals surface area (Å²) >= 11 is 0. The second-order valence-corrected chi connectivity index (χ2v) is 8.47. The van der Waals surface area contributed by atoms with Crippen molar-refractivity contribution >= 4 is 23.1 Å². The number of carbonyl (C=O) groups excluding carboxylic acids is 2. The maximum atomic E-state index is 13.3. The number of hydrogen-bond donors (Lipinski definition) is 1. The monoisotopic (exact) mass is 485 g/mol. The molecule has 1 unspecified atom stereocenters. The van der Waals surface area contributed by atoms with Gasteiger partial charge >= 0.3 is 0 Å². The molecule has 7 heteroatoms. The Balaban J connectivity index is 1.80. The molecule has 1 aliphatic heterocycles. The van der Waals surface area contributed by atoms with Gasteiger partial charge in [-0.3, -0.25) is 14.6 Å². The standard InChI is InChI=1S/C29H31N3O4/c1-4-31(5-2)23-14-10-20(11-15-23)26-25(27(33)21-12-16-24(17-13-21)36-6-3)28(34)29(35)32(26)19-22-9-7-8-18-30-22/h7-18,26,33H,4-6,19H2,1-3H3/b27-25-. The summed E-state index contributed by atoms with van der Waals surface area (Å²) in [6.45, 7) is 8.48. The lowest BCUT2D eigenvalue weighted by molar-refractivity contribution is -0.140. The van der Waals surface area contributed by atoms with Crippen LogP contribution in [0.4, 0.5) is 5.69 Å². The Kier molecular flexibility index (Phi) is 7.68. The molecule has 4 rings (SSSR count). The molecule has 1 saturated heterocycles. The highest BCUT2D eigenvalue weighted by molar-refractivity contribution is 6.46. The van der Waals surface area contributed by atoms with E-state index in [1.165, 1.54) is 4.90 Å². The van der Waals surface area contributed by atoms with Crippen LogP contribution in [0, 0.1) is 0 Å². The molecule has 1 atom stereocenters. The SMILES string of the molecule is CCOc1ccc(/C(O)=C2/C(=O)C(=O)N(Cc3ccccn3)C2c2ccc(N(CC)CC)cc2)cc1. The van der Waals surface area contributed by atoms with E-state index < -0.39 is 17.7 Å². The molecule has 0 radical (unpaired) electrons. The van der Waals surface area contributed by atoms with Crippen molar-refractivity contribution in [3.05, 3.63) is 95.3 Å². The molecule has 2 aromatic carbocycles. The van der Waals surface area contributed by atoms with Crippen LogP contribution in [0.25, 0.3) is 5.76 Å². The molecule has 3 aromatic rings. The van der Waals surface area contributed by atoms with Gasteiger partial charge in [0.2, 0.25) is 0 Å². The lowest BCUT2D eigenvalue weighted by Gasteiger charge is -2.26. The lowest BCUT2D eigenvalue weighted by atomic mass is 9.95. The second kappa shape index (κ2) is 11.1. The number of aliphatic hydroxyl groups is 1. The Morgan fingerprint density at radius 1 is 0.972 bits per heavy atom. The second-order valence-electron chi connectivity index (χ2n) is 8.47. The van der Waals surface area contributed by atoms with Gasteiger partial charge in [0.05, 0.1) is 30.5 Å². The molecule has 0 aliphatic carbocycles. The van der Waals surface area contributed by atoms with Crippen molar-refractivity contribution in [2.75, 3.05) is 24.6 Å². The van der Waals surface area contributed by atoms with Crippen LogP contribution >= 0.6 is 0 Å². The maximum Gasteiger partial charge on any atom is 0.296 e. The minimum absolute atomic E-state index is 0.0654. The van der Waals surface area contributed by atoms with Crippen molar-refractivity contribution in [1.29, 1.82) is 0 Å². The highest BCUT2D eigenvalue weighted by Gasteiger charge is 2.46. The van der Waals surface area contributed by atoms with Crippen LogP contribution in [0.1, 0.15) is 43.6 Å². The number of benzene rings is 2. The average molecular weight is 486 g/mol. The number of ether oxygens (including phenoxy) is 1. The fraction of sp³-hybridized carbons (Fsp3) is 0.276. The van der Waals surface area contributed by atoms with Gasteiger partial charge in [-0.25, -0.2) is 0 Å². The van der Waals surface area contributed by atoms with Crippen LogP contribution < -0.4 is 9.64 Å². The Morgan fingerprint density at radius 2 is 1.67 bits per heavy atom. The molecular weight excluding hydrogens is 454 g/mol. The van der Waals surface area contributed by atoms with E-state index in [2.05, 4.69) is 23.7 Å². The van der Waals surface area contributed by atoms with E-state index in [4.69, 9.17) is 4.74 Å². The molecule has 0 spiro atoms. The van der Waals surface area contributed by atoms with Crippen LogP contribution in [0.3, 0.4) is 0 Å². The number of hydrogen-bond acceptors (Lipinski definition) is 6. The normalized spacial score (nSPS) is 16.9. The first-order valence-electron chi connectivity index (χ1n) is 12.2. The lowest BCUT2D eigenvalue weighted by Crippen LogP contribution is -2.29. The Hall–Kier alpha value is -4.13. The Bertz CT molecular complexity index is 1230. The summed E-state index contributed by atoms with van der Waals surface area (Å²) in [6, 6.07) is 19.4. The number of aromatic nitrogens is 1. The summed E-state index contributed by atoms with van der Waals surface area (Å²) in [6.07, 6.45) is 1.65. The van der Waals surface area contributed by atoms with Crippen LogP contribution in [0.15, 0.2) is 78.5 Å². The molecule has 36 heavy (non-hydrogen) atoms. The summed E-state index contributed by atoms with van der Waals surface area (Å²) in [5.41, 5.74) is 2.96. The van der Waals surface area contributed by atoms with E-state index >= 15 is 0 Å². The van der Waals surface area contributed by atoms with E-state index in [0.29, 0.717) is 23.6 Å². The summed E-state index contributed by atoms with van der Waals surface area (Å²) < 4.78 is 5.49. The molecule has 1 fully saturated rings. The van der Waals surface area contributed by atoms with Gasteiger partial charge in [0.15, 0.2) is 0 Å². The van der Waals surface area contributed by atoms with E-state index in [-0.39, 0.29) is 17.9 Å². The fourth-order valence-electron chi connectivity index (χ4n) is 4.54. The van der Waals surface area contributed by atoms with Crippen molar-refractivity contribution in [2.24, 2.45) is 0 Å². The third kappa shape index (κ3) is 4.96. The van der Waals surface area contributed by atoms with Gasteiger partial charge in [-0.2, -0.15) is 0 Å².